The molecule has 0 spiro atoms. The van der Waals surface area contributed by atoms with Gasteiger partial charge in [0.25, 0.3) is 11.8 Å². The van der Waals surface area contributed by atoms with Gasteiger partial charge < -0.3 is 19.5 Å². The maximum atomic E-state index is 13.0. The summed E-state index contributed by atoms with van der Waals surface area (Å²) in [6.07, 6.45) is 2.95. The first-order valence-corrected chi connectivity index (χ1v) is 12.6. The van der Waals surface area contributed by atoms with Gasteiger partial charge in [0.05, 0.1) is 6.21 Å². The van der Waals surface area contributed by atoms with E-state index in [-0.39, 0.29) is 12.5 Å². The number of amides is 2. The van der Waals surface area contributed by atoms with Gasteiger partial charge in [0, 0.05) is 5.56 Å². The van der Waals surface area contributed by atoms with Gasteiger partial charge in [-0.1, -0.05) is 30.3 Å². The van der Waals surface area contributed by atoms with Crippen LogP contribution in [0.5, 0.6) is 17.2 Å². The Labute approximate surface area is 227 Å². The van der Waals surface area contributed by atoms with Gasteiger partial charge in [-0.25, -0.2) is 10.2 Å². The first kappa shape index (κ1) is 25.4. The van der Waals surface area contributed by atoms with Gasteiger partial charge in [-0.2, -0.15) is 5.10 Å². The van der Waals surface area contributed by atoms with Crippen LogP contribution in [0.25, 0.3) is 6.08 Å². The first-order valence-electron chi connectivity index (χ1n) is 11.7. The van der Waals surface area contributed by atoms with Crippen molar-refractivity contribution in [1.82, 2.24) is 10.7 Å². The minimum atomic E-state index is -0.630. The standard InChI is InChI=1S/C29H21N3O6S/c33-27(21-5-2-1-3-6-21)31-23(15-20-10-13-24-25(16-20)37-18-36-24)28(34)32-30-17-19-8-11-22(12-9-19)38-29(35)26-7-4-14-39-26/h1-17H,18H2,(H,31,33)(H,32,34)/b23-15+,30-17+. The topological polar surface area (TPSA) is 115 Å². The number of nitrogens with zero attached hydrogens (tertiary/aromatic N) is 1. The SMILES string of the molecule is O=C(N/N=C/c1ccc(OC(=O)c2cccs2)cc1)/C(=C\c1ccc2c(c1)OCO2)NC(=O)c1ccccc1. The highest BCUT2D eigenvalue weighted by Gasteiger charge is 2.17. The van der Waals surface area contributed by atoms with E-state index in [4.69, 9.17) is 14.2 Å². The van der Waals surface area contributed by atoms with E-state index >= 15 is 0 Å². The lowest BCUT2D eigenvalue weighted by atomic mass is 10.1. The number of esters is 1. The van der Waals surface area contributed by atoms with Crippen molar-refractivity contribution in [1.29, 1.82) is 0 Å². The second kappa shape index (κ2) is 11.9. The van der Waals surface area contributed by atoms with Crippen LogP contribution in [0.15, 0.2) is 101 Å². The van der Waals surface area contributed by atoms with Crippen LogP contribution in [0, 0.1) is 0 Å². The summed E-state index contributed by atoms with van der Waals surface area (Å²) < 4.78 is 16.1. The summed E-state index contributed by atoms with van der Waals surface area (Å²) in [6.45, 7) is 0.118. The lowest BCUT2D eigenvalue weighted by molar-refractivity contribution is -0.117. The number of hydrogen-bond donors (Lipinski definition) is 2. The Morgan fingerprint density at radius 3 is 2.41 bits per heavy atom. The lowest BCUT2D eigenvalue weighted by Gasteiger charge is -2.09. The molecule has 0 atom stereocenters. The van der Waals surface area contributed by atoms with E-state index in [9.17, 15) is 14.4 Å². The molecule has 10 heteroatoms. The van der Waals surface area contributed by atoms with Crippen molar-refractivity contribution in [2.24, 2.45) is 5.10 Å². The zero-order chi connectivity index (χ0) is 27.0. The summed E-state index contributed by atoms with van der Waals surface area (Å²) in [4.78, 5) is 38.4. The molecular weight excluding hydrogens is 518 g/mol. The van der Waals surface area contributed by atoms with Gasteiger partial charge >= 0.3 is 5.97 Å². The van der Waals surface area contributed by atoms with Crippen molar-refractivity contribution >= 4 is 41.4 Å². The Bertz CT molecular complexity index is 1550. The van der Waals surface area contributed by atoms with Gasteiger partial charge in [-0.3, -0.25) is 9.59 Å². The highest BCUT2D eigenvalue weighted by Crippen LogP contribution is 2.33. The number of ether oxygens (including phenoxy) is 3. The molecule has 0 saturated heterocycles. The molecule has 2 N–H and O–H groups in total. The molecule has 0 saturated carbocycles. The number of fused-ring (bicyclic) bond motifs is 1. The number of carbonyl (C=O) groups excluding carboxylic acids is 3. The van der Waals surface area contributed by atoms with Gasteiger partial charge in [0.1, 0.15) is 16.3 Å². The highest BCUT2D eigenvalue weighted by molar-refractivity contribution is 7.12. The third kappa shape index (κ3) is 6.56. The predicted octanol–water partition coefficient (Wildman–Crippen LogP) is 4.62. The summed E-state index contributed by atoms with van der Waals surface area (Å²) in [5.41, 5.74) is 4.08. The second-order valence-corrected chi connectivity index (χ2v) is 9.07. The van der Waals surface area contributed by atoms with E-state index < -0.39 is 17.8 Å². The van der Waals surface area contributed by atoms with Gasteiger partial charge in [0.15, 0.2) is 11.5 Å². The lowest BCUT2D eigenvalue weighted by Crippen LogP contribution is -2.32. The normalized spacial score (nSPS) is 12.3. The molecule has 9 nitrogen and oxygen atoms in total. The van der Waals surface area contributed by atoms with E-state index in [1.807, 2.05) is 0 Å². The zero-order valence-corrected chi connectivity index (χ0v) is 21.1. The molecular formula is C29H21N3O6S. The third-order valence-corrected chi connectivity index (χ3v) is 6.28. The average Bonchev–Trinajstić information content (AvgIpc) is 3.66. The maximum absolute atomic E-state index is 13.0. The Kier molecular flexibility index (Phi) is 7.75. The maximum Gasteiger partial charge on any atom is 0.353 e. The van der Waals surface area contributed by atoms with Crippen LogP contribution in [0.1, 0.15) is 31.2 Å². The summed E-state index contributed by atoms with van der Waals surface area (Å²) in [7, 11) is 0. The minimum Gasteiger partial charge on any atom is -0.454 e. The molecule has 3 aromatic carbocycles. The predicted molar refractivity (Wildman–Crippen MR) is 146 cm³/mol. The van der Waals surface area contributed by atoms with Gasteiger partial charge in [-0.15, -0.1) is 11.3 Å². The average molecular weight is 540 g/mol. The fourth-order valence-corrected chi connectivity index (χ4v) is 4.11. The van der Waals surface area contributed by atoms with Crippen molar-refractivity contribution < 1.29 is 28.6 Å². The molecule has 0 aliphatic carbocycles. The number of hydrogen-bond acceptors (Lipinski definition) is 8. The van der Waals surface area contributed by atoms with Crippen LogP contribution in [0.2, 0.25) is 0 Å². The van der Waals surface area contributed by atoms with E-state index in [1.54, 1.807) is 90.3 Å². The summed E-state index contributed by atoms with van der Waals surface area (Å²) in [5, 5.41) is 8.46. The smallest absolute Gasteiger partial charge is 0.353 e. The monoisotopic (exact) mass is 539 g/mol. The number of nitrogens with one attached hydrogen (secondary N) is 2. The largest absolute Gasteiger partial charge is 0.454 e. The number of benzene rings is 3. The minimum absolute atomic E-state index is 0.0179. The van der Waals surface area contributed by atoms with Crippen LogP contribution in [-0.2, 0) is 4.79 Å². The molecule has 1 aromatic heterocycles. The van der Waals surface area contributed by atoms with Crippen LogP contribution in [0.3, 0.4) is 0 Å². The quantitative estimate of drug-likeness (QED) is 0.111. The summed E-state index contributed by atoms with van der Waals surface area (Å²) in [5.74, 6) is 0.0121. The molecule has 0 unspecified atom stereocenters. The molecule has 2 amide bonds. The Morgan fingerprint density at radius 1 is 0.872 bits per heavy atom. The van der Waals surface area contributed by atoms with Crippen molar-refractivity contribution in [3.8, 4) is 17.2 Å². The fraction of sp³-hybridized carbons (Fsp3) is 0.0345. The molecule has 194 valence electrons. The summed E-state index contributed by atoms with van der Waals surface area (Å²) in [6, 6.07) is 23.8. The van der Waals surface area contributed by atoms with Gasteiger partial charge in [0.2, 0.25) is 6.79 Å². The molecule has 1 aliphatic rings. The third-order valence-electron chi connectivity index (χ3n) is 5.43. The Balaban J connectivity index is 1.27. The van der Waals surface area contributed by atoms with Crippen molar-refractivity contribution in [2.75, 3.05) is 6.79 Å². The molecule has 39 heavy (non-hydrogen) atoms. The number of thiophene rings is 1. The highest BCUT2D eigenvalue weighted by atomic mass is 32.1. The number of hydrazone groups is 1. The molecule has 1 aliphatic heterocycles. The molecule has 4 aromatic rings. The fourth-order valence-electron chi connectivity index (χ4n) is 3.51. The summed E-state index contributed by atoms with van der Waals surface area (Å²) >= 11 is 1.30. The molecule has 0 radical (unpaired) electrons. The number of carbonyl (C=O) groups is 3. The Hall–Kier alpha value is -5.22. The second-order valence-electron chi connectivity index (χ2n) is 8.13. The molecule has 5 rings (SSSR count). The first-order chi connectivity index (χ1) is 19.0. The van der Waals surface area contributed by atoms with E-state index in [0.717, 1.165) is 0 Å². The zero-order valence-electron chi connectivity index (χ0n) is 20.3. The molecule has 2 heterocycles. The van der Waals surface area contributed by atoms with Crippen molar-refractivity contribution in [3.63, 3.8) is 0 Å². The van der Waals surface area contributed by atoms with E-state index in [1.165, 1.54) is 23.6 Å². The van der Waals surface area contributed by atoms with E-state index in [0.29, 0.717) is 38.8 Å². The van der Waals surface area contributed by atoms with Crippen LogP contribution >= 0.6 is 11.3 Å². The van der Waals surface area contributed by atoms with E-state index in [2.05, 4.69) is 15.8 Å². The van der Waals surface area contributed by atoms with Crippen LogP contribution in [-0.4, -0.2) is 30.8 Å². The van der Waals surface area contributed by atoms with Crippen molar-refractivity contribution in [2.45, 2.75) is 0 Å². The molecule has 0 bridgehead atoms. The Morgan fingerprint density at radius 2 is 1.64 bits per heavy atom. The van der Waals surface area contributed by atoms with Crippen LogP contribution in [0.4, 0.5) is 0 Å². The van der Waals surface area contributed by atoms with Gasteiger partial charge in [-0.05, 0) is 77.2 Å². The molecule has 0 fully saturated rings. The van der Waals surface area contributed by atoms with Crippen molar-refractivity contribution in [3.05, 3.63) is 118 Å². The van der Waals surface area contributed by atoms with Crippen LogP contribution < -0.4 is 25.0 Å². The number of rotatable bonds is 8.